The van der Waals surface area contributed by atoms with Gasteiger partial charge >= 0.3 is 0 Å². The number of nitrogens with one attached hydrogen (secondary N) is 1. The minimum Gasteiger partial charge on any atom is -0.352 e. The zero-order valence-corrected chi connectivity index (χ0v) is 27.5. The molecule has 0 saturated carbocycles. The summed E-state index contributed by atoms with van der Waals surface area (Å²) in [5.74, 6) is -1.94. The van der Waals surface area contributed by atoms with Gasteiger partial charge in [0.2, 0.25) is 11.8 Å². The number of anilines is 1. The molecule has 0 aliphatic rings. The van der Waals surface area contributed by atoms with Crippen molar-refractivity contribution in [3.63, 3.8) is 0 Å². The van der Waals surface area contributed by atoms with Crippen molar-refractivity contribution in [1.82, 2.24) is 10.2 Å². The fourth-order valence-electron chi connectivity index (χ4n) is 4.68. The summed E-state index contributed by atoms with van der Waals surface area (Å²) in [6, 6.07) is 23.5. The van der Waals surface area contributed by atoms with E-state index in [1.165, 1.54) is 23.1 Å². The number of carbonyl (C=O) groups is 2. The Hall–Kier alpha value is -3.63. The molecule has 0 heterocycles. The molecule has 4 aromatic rings. The topological polar surface area (TPSA) is 86.8 Å². The third kappa shape index (κ3) is 8.55. The number of rotatable bonds is 12. The van der Waals surface area contributed by atoms with E-state index in [-0.39, 0.29) is 44.7 Å². The Kier molecular flexibility index (Phi) is 11.5. The molecule has 0 fully saturated rings. The quantitative estimate of drug-likeness (QED) is 0.171. The summed E-state index contributed by atoms with van der Waals surface area (Å²) in [6.45, 7) is 2.63. The largest absolute Gasteiger partial charge is 0.352 e. The van der Waals surface area contributed by atoms with Gasteiger partial charge in [0.25, 0.3) is 10.0 Å². The molecule has 0 aliphatic carbocycles. The maximum Gasteiger partial charge on any atom is 0.264 e. The van der Waals surface area contributed by atoms with Gasteiger partial charge in [0, 0.05) is 34.6 Å². The SMILES string of the molecule is CC(C)NC(=O)C(Cc1ccccc1)N(Cc1c(Cl)cccc1Cl)C(=O)CN(c1ccc(F)c(Cl)c1)S(=O)(=O)c1ccccc1. The molecule has 0 spiro atoms. The molecular formula is C33H31Cl3FN3O4S. The Balaban J connectivity index is 1.85. The van der Waals surface area contributed by atoms with Gasteiger partial charge in [-0.05, 0) is 61.9 Å². The van der Waals surface area contributed by atoms with Crippen LogP contribution < -0.4 is 9.62 Å². The third-order valence-corrected chi connectivity index (χ3v) is 9.68. The summed E-state index contributed by atoms with van der Waals surface area (Å²) < 4.78 is 43.0. The number of hydrogen-bond acceptors (Lipinski definition) is 4. The first kappa shape index (κ1) is 34.2. The van der Waals surface area contributed by atoms with Gasteiger partial charge < -0.3 is 10.2 Å². The van der Waals surface area contributed by atoms with E-state index in [2.05, 4.69) is 5.32 Å². The second-order valence-corrected chi connectivity index (χ2v) is 13.6. The molecule has 0 aromatic heterocycles. The molecule has 4 aromatic carbocycles. The molecule has 236 valence electrons. The average molecular weight is 691 g/mol. The molecule has 0 bridgehead atoms. The highest BCUT2D eigenvalue weighted by atomic mass is 35.5. The standard InChI is InChI=1S/C33H31Cl3FN3O4S/c1-22(2)38-33(42)31(18-23-10-5-3-6-11-23)39(20-26-27(34)14-9-15-28(26)35)32(41)21-40(24-16-17-30(37)29(36)19-24)45(43,44)25-12-7-4-8-13-25/h3-17,19,22,31H,18,20-21H2,1-2H3,(H,38,42). The summed E-state index contributed by atoms with van der Waals surface area (Å²) in [6.07, 6.45) is 0.112. The van der Waals surface area contributed by atoms with Crippen LogP contribution in [0.2, 0.25) is 15.1 Å². The fraction of sp³-hybridized carbons (Fsp3) is 0.212. The van der Waals surface area contributed by atoms with Crippen molar-refractivity contribution in [3.05, 3.63) is 129 Å². The van der Waals surface area contributed by atoms with E-state index in [1.807, 2.05) is 30.3 Å². The van der Waals surface area contributed by atoms with Gasteiger partial charge in [-0.15, -0.1) is 0 Å². The first-order valence-electron chi connectivity index (χ1n) is 14.0. The van der Waals surface area contributed by atoms with Crippen molar-refractivity contribution in [1.29, 1.82) is 0 Å². The number of amides is 2. The molecule has 0 saturated heterocycles. The van der Waals surface area contributed by atoms with Crippen molar-refractivity contribution in [3.8, 4) is 0 Å². The Morgan fingerprint density at radius 3 is 2.00 bits per heavy atom. The highest BCUT2D eigenvalue weighted by molar-refractivity contribution is 7.92. The maximum absolute atomic E-state index is 14.5. The minimum atomic E-state index is -4.37. The number of carbonyl (C=O) groups excluding carboxylic acids is 2. The third-order valence-electron chi connectivity index (χ3n) is 6.89. The lowest BCUT2D eigenvalue weighted by molar-refractivity contribution is -0.140. The van der Waals surface area contributed by atoms with Crippen LogP contribution >= 0.6 is 34.8 Å². The van der Waals surface area contributed by atoms with E-state index < -0.39 is 40.2 Å². The van der Waals surface area contributed by atoms with Crippen molar-refractivity contribution < 1.29 is 22.4 Å². The molecule has 7 nitrogen and oxygen atoms in total. The predicted molar refractivity (Wildman–Crippen MR) is 177 cm³/mol. The Morgan fingerprint density at radius 2 is 1.42 bits per heavy atom. The predicted octanol–water partition coefficient (Wildman–Crippen LogP) is 7.15. The summed E-state index contributed by atoms with van der Waals surface area (Å²) in [4.78, 5) is 29.4. The Bertz CT molecular complexity index is 1740. The van der Waals surface area contributed by atoms with Gasteiger partial charge in [0.15, 0.2) is 0 Å². The zero-order valence-electron chi connectivity index (χ0n) is 24.5. The van der Waals surface area contributed by atoms with Gasteiger partial charge in [-0.25, -0.2) is 12.8 Å². The van der Waals surface area contributed by atoms with Crippen LogP contribution in [0.4, 0.5) is 10.1 Å². The van der Waals surface area contributed by atoms with Gasteiger partial charge in [0.1, 0.15) is 18.4 Å². The van der Waals surface area contributed by atoms with E-state index in [9.17, 15) is 22.4 Å². The highest BCUT2D eigenvalue weighted by Crippen LogP contribution is 2.30. The van der Waals surface area contributed by atoms with Crippen LogP contribution in [0.1, 0.15) is 25.0 Å². The number of halogens is 4. The van der Waals surface area contributed by atoms with Crippen molar-refractivity contribution >= 4 is 62.3 Å². The fourth-order valence-corrected chi connectivity index (χ4v) is 6.80. The maximum atomic E-state index is 14.5. The minimum absolute atomic E-state index is 0.0411. The van der Waals surface area contributed by atoms with Gasteiger partial charge in [-0.2, -0.15) is 0 Å². The molecule has 45 heavy (non-hydrogen) atoms. The lowest BCUT2D eigenvalue weighted by Gasteiger charge is -2.34. The summed E-state index contributed by atoms with van der Waals surface area (Å²) >= 11 is 19.1. The van der Waals surface area contributed by atoms with E-state index in [1.54, 1.807) is 50.2 Å². The second kappa shape index (κ2) is 15.1. The Morgan fingerprint density at radius 1 is 0.822 bits per heavy atom. The van der Waals surface area contributed by atoms with E-state index in [0.717, 1.165) is 22.0 Å². The molecule has 1 N–H and O–H groups in total. The highest BCUT2D eigenvalue weighted by Gasteiger charge is 2.35. The van der Waals surface area contributed by atoms with Crippen LogP contribution in [0, 0.1) is 5.82 Å². The number of hydrogen-bond donors (Lipinski definition) is 1. The molecule has 2 amide bonds. The number of sulfonamides is 1. The molecule has 4 rings (SSSR count). The summed E-state index contributed by atoms with van der Waals surface area (Å²) in [7, 11) is -4.37. The summed E-state index contributed by atoms with van der Waals surface area (Å²) in [5.41, 5.74) is 1.11. The van der Waals surface area contributed by atoms with Crippen LogP contribution in [-0.2, 0) is 32.6 Å². The number of nitrogens with zero attached hydrogens (tertiary/aromatic N) is 2. The van der Waals surface area contributed by atoms with Gasteiger partial charge in [-0.1, -0.05) is 89.4 Å². The van der Waals surface area contributed by atoms with Gasteiger partial charge in [-0.3, -0.25) is 13.9 Å². The monoisotopic (exact) mass is 689 g/mol. The number of benzene rings is 4. The lowest BCUT2D eigenvalue weighted by atomic mass is 10.0. The first-order chi connectivity index (χ1) is 21.4. The molecule has 0 radical (unpaired) electrons. The summed E-state index contributed by atoms with van der Waals surface area (Å²) in [5, 5.41) is 3.08. The molecule has 12 heteroatoms. The van der Waals surface area contributed by atoms with Crippen LogP contribution in [0.5, 0.6) is 0 Å². The van der Waals surface area contributed by atoms with Crippen LogP contribution in [-0.4, -0.2) is 43.8 Å². The lowest BCUT2D eigenvalue weighted by Crippen LogP contribution is -2.54. The van der Waals surface area contributed by atoms with E-state index in [0.29, 0.717) is 5.56 Å². The second-order valence-electron chi connectivity index (χ2n) is 10.5. The van der Waals surface area contributed by atoms with Crippen LogP contribution in [0.3, 0.4) is 0 Å². The smallest absolute Gasteiger partial charge is 0.264 e. The normalized spacial score (nSPS) is 12.1. The van der Waals surface area contributed by atoms with Gasteiger partial charge in [0.05, 0.1) is 15.6 Å². The average Bonchev–Trinajstić information content (AvgIpc) is 3.00. The van der Waals surface area contributed by atoms with E-state index in [4.69, 9.17) is 34.8 Å². The first-order valence-corrected chi connectivity index (χ1v) is 16.6. The Labute approximate surface area is 277 Å². The molecule has 1 unspecified atom stereocenters. The molecular weight excluding hydrogens is 660 g/mol. The molecule has 1 atom stereocenters. The van der Waals surface area contributed by atoms with Crippen molar-refractivity contribution in [2.75, 3.05) is 10.8 Å². The molecule has 0 aliphatic heterocycles. The zero-order chi connectivity index (χ0) is 32.7. The van der Waals surface area contributed by atoms with Crippen LogP contribution in [0.25, 0.3) is 0 Å². The van der Waals surface area contributed by atoms with Crippen molar-refractivity contribution in [2.24, 2.45) is 0 Å². The van der Waals surface area contributed by atoms with Crippen molar-refractivity contribution in [2.45, 2.75) is 43.8 Å². The van der Waals surface area contributed by atoms with Crippen LogP contribution in [0.15, 0.2) is 102 Å². The van der Waals surface area contributed by atoms with E-state index >= 15 is 0 Å².